The van der Waals surface area contributed by atoms with Crippen LogP contribution in [0.25, 0.3) is 5.57 Å². The van der Waals surface area contributed by atoms with Gasteiger partial charge in [-0.25, -0.2) is 0 Å². The van der Waals surface area contributed by atoms with Crippen molar-refractivity contribution in [3.8, 4) is 5.75 Å². The molecular formula is C18H16O. The third kappa shape index (κ3) is 1.97. The molecule has 1 aliphatic carbocycles. The highest BCUT2D eigenvalue weighted by atomic mass is 16.3. The van der Waals surface area contributed by atoms with E-state index in [0.29, 0.717) is 5.75 Å². The third-order valence-corrected chi connectivity index (χ3v) is 3.72. The molecule has 94 valence electrons. The predicted molar refractivity (Wildman–Crippen MR) is 79.2 cm³/mol. The maximum atomic E-state index is 9.92. The fourth-order valence-electron chi connectivity index (χ4n) is 2.78. The summed E-state index contributed by atoms with van der Waals surface area (Å²) in [6.07, 6.45) is 4.97. The smallest absolute Gasteiger partial charge is 0.119 e. The van der Waals surface area contributed by atoms with Crippen LogP contribution in [-0.2, 0) is 6.42 Å². The summed E-state index contributed by atoms with van der Waals surface area (Å²) in [4.78, 5) is 0. The van der Waals surface area contributed by atoms with Gasteiger partial charge in [-0.2, -0.15) is 0 Å². The maximum absolute atomic E-state index is 9.92. The normalized spacial score (nSPS) is 14.6. The number of aromatic hydroxyl groups is 1. The average molecular weight is 248 g/mol. The van der Waals surface area contributed by atoms with Gasteiger partial charge in [0, 0.05) is 11.5 Å². The van der Waals surface area contributed by atoms with Crippen molar-refractivity contribution in [1.29, 1.82) is 0 Å². The van der Waals surface area contributed by atoms with Gasteiger partial charge in [0.25, 0.3) is 0 Å². The molecule has 0 saturated heterocycles. The van der Waals surface area contributed by atoms with Crippen molar-refractivity contribution < 1.29 is 5.11 Å². The van der Waals surface area contributed by atoms with Gasteiger partial charge in [0.1, 0.15) is 5.75 Å². The lowest BCUT2D eigenvalue weighted by molar-refractivity contribution is 0.470. The first-order valence-electron chi connectivity index (χ1n) is 6.50. The zero-order chi connectivity index (χ0) is 13.2. The van der Waals surface area contributed by atoms with E-state index in [-0.39, 0.29) is 5.92 Å². The monoisotopic (exact) mass is 248 g/mol. The van der Waals surface area contributed by atoms with E-state index in [1.54, 1.807) is 6.07 Å². The minimum atomic E-state index is 0.184. The summed E-state index contributed by atoms with van der Waals surface area (Å²) in [6.45, 7) is 3.97. The van der Waals surface area contributed by atoms with Crippen LogP contribution in [0.15, 0.2) is 67.3 Å². The Morgan fingerprint density at radius 1 is 1.05 bits per heavy atom. The van der Waals surface area contributed by atoms with Gasteiger partial charge in [-0.05, 0) is 29.2 Å². The predicted octanol–water partition coefficient (Wildman–Crippen LogP) is 4.30. The third-order valence-electron chi connectivity index (χ3n) is 3.72. The highest BCUT2D eigenvalue weighted by Crippen LogP contribution is 2.41. The van der Waals surface area contributed by atoms with Gasteiger partial charge in [0.05, 0.1) is 0 Å². The highest BCUT2D eigenvalue weighted by molar-refractivity contribution is 5.80. The number of phenolic OH excluding ortho intramolecular Hbond substituents is 1. The number of benzene rings is 2. The van der Waals surface area contributed by atoms with Crippen LogP contribution >= 0.6 is 0 Å². The summed E-state index contributed by atoms with van der Waals surface area (Å²) in [6, 6.07) is 16.1. The van der Waals surface area contributed by atoms with E-state index >= 15 is 0 Å². The number of hydrogen-bond donors (Lipinski definition) is 1. The van der Waals surface area contributed by atoms with Crippen molar-refractivity contribution in [2.24, 2.45) is 0 Å². The van der Waals surface area contributed by atoms with Crippen LogP contribution in [0.2, 0.25) is 0 Å². The molecule has 3 rings (SSSR count). The van der Waals surface area contributed by atoms with E-state index in [2.05, 4.69) is 30.9 Å². The molecule has 0 aliphatic heterocycles. The molecule has 0 amide bonds. The first-order chi connectivity index (χ1) is 9.31. The number of hydrogen-bond acceptors (Lipinski definition) is 1. The van der Waals surface area contributed by atoms with Crippen molar-refractivity contribution in [3.63, 3.8) is 0 Å². The Morgan fingerprint density at radius 2 is 1.84 bits per heavy atom. The molecule has 0 saturated carbocycles. The van der Waals surface area contributed by atoms with Gasteiger partial charge in [0.2, 0.25) is 0 Å². The number of phenols is 1. The lowest BCUT2D eigenvalue weighted by Crippen LogP contribution is -1.97. The molecule has 1 heteroatoms. The Hall–Kier alpha value is -2.28. The Balaban J connectivity index is 2.05. The Morgan fingerprint density at radius 3 is 2.58 bits per heavy atom. The van der Waals surface area contributed by atoms with E-state index in [9.17, 15) is 5.11 Å². The molecule has 0 bridgehead atoms. The van der Waals surface area contributed by atoms with Gasteiger partial charge in [-0.15, -0.1) is 6.58 Å². The van der Waals surface area contributed by atoms with Gasteiger partial charge < -0.3 is 5.11 Å². The standard InChI is InChI=1S/C18H16O/c1-2-14(13-7-4-3-5-8-13)16-11-12-17-15(16)9-6-10-18(17)19/h2-11,14,19H,1,12H2. The Bertz CT molecular complexity index is 638. The second-order valence-corrected chi connectivity index (χ2v) is 4.79. The molecule has 1 atom stereocenters. The minimum absolute atomic E-state index is 0.184. The summed E-state index contributed by atoms with van der Waals surface area (Å²) < 4.78 is 0. The molecule has 1 unspecified atom stereocenters. The molecule has 2 aromatic carbocycles. The fraction of sp³-hybridized carbons (Fsp3) is 0.111. The highest BCUT2D eigenvalue weighted by Gasteiger charge is 2.22. The fourth-order valence-corrected chi connectivity index (χ4v) is 2.78. The molecule has 0 spiro atoms. The number of allylic oxidation sites excluding steroid dienone is 3. The van der Waals surface area contributed by atoms with Crippen LogP contribution in [0, 0.1) is 0 Å². The molecule has 2 aromatic rings. The van der Waals surface area contributed by atoms with Crippen molar-refractivity contribution >= 4 is 5.57 Å². The van der Waals surface area contributed by atoms with Crippen LogP contribution in [0.4, 0.5) is 0 Å². The molecule has 1 nitrogen and oxygen atoms in total. The van der Waals surface area contributed by atoms with E-state index in [1.165, 1.54) is 11.1 Å². The number of rotatable bonds is 3. The topological polar surface area (TPSA) is 20.2 Å². The summed E-state index contributed by atoms with van der Waals surface area (Å²) in [7, 11) is 0. The SMILES string of the molecule is C=CC(C1=CCc2c(O)cccc21)c1ccccc1. The zero-order valence-electron chi connectivity index (χ0n) is 10.7. The van der Waals surface area contributed by atoms with E-state index in [1.807, 2.05) is 30.3 Å². The summed E-state index contributed by atoms with van der Waals surface area (Å²) >= 11 is 0. The molecule has 0 fully saturated rings. The molecular weight excluding hydrogens is 232 g/mol. The van der Waals surface area contributed by atoms with Gasteiger partial charge in [-0.1, -0.05) is 54.6 Å². The van der Waals surface area contributed by atoms with E-state index in [0.717, 1.165) is 17.5 Å². The van der Waals surface area contributed by atoms with Gasteiger partial charge >= 0.3 is 0 Å². The Labute approximate surface area is 113 Å². The molecule has 0 aromatic heterocycles. The van der Waals surface area contributed by atoms with Crippen LogP contribution in [0.5, 0.6) is 5.75 Å². The maximum Gasteiger partial charge on any atom is 0.119 e. The van der Waals surface area contributed by atoms with Crippen LogP contribution in [-0.4, -0.2) is 5.11 Å². The first-order valence-corrected chi connectivity index (χ1v) is 6.50. The van der Waals surface area contributed by atoms with Crippen molar-refractivity contribution in [2.45, 2.75) is 12.3 Å². The van der Waals surface area contributed by atoms with Crippen LogP contribution in [0.1, 0.15) is 22.6 Å². The average Bonchev–Trinajstić information content (AvgIpc) is 2.87. The Kier molecular flexibility index (Phi) is 2.96. The molecule has 0 radical (unpaired) electrons. The molecule has 1 aliphatic rings. The van der Waals surface area contributed by atoms with Gasteiger partial charge in [-0.3, -0.25) is 0 Å². The van der Waals surface area contributed by atoms with Crippen LogP contribution in [0.3, 0.4) is 0 Å². The lowest BCUT2D eigenvalue weighted by atomic mass is 9.88. The van der Waals surface area contributed by atoms with Crippen molar-refractivity contribution in [3.05, 3.63) is 84.0 Å². The molecule has 0 heterocycles. The lowest BCUT2D eigenvalue weighted by Gasteiger charge is -2.16. The van der Waals surface area contributed by atoms with Crippen molar-refractivity contribution in [2.75, 3.05) is 0 Å². The summed E-state index contributed by atoms with van der Waals surface area (Å²) in [5, 5.41) is 9.92. The zero-order valence-corrected chi connectivity index (χ0v) is 10.7. The second kappa shape index (κ2) is 4.77. The molecule has 19 heavy (non-hydrogen) atoms. The quantitative estimate of drug-likeness (QED) is 0.803. The van der Waals surface area contributed by atoms with Crippen LogP contribution < -0.4 is 0 Å². The molecule has 1 N–H and O–H groups in total. The van der Waals surface area contributed by atoms with E-state index in [4.69, 9.17) is 0 Å². The first kappa shape index (κ1) is 11.8. The second-order valence-electron chi connectivity index (χ2n) is 4.79. The van der Waals surface area contributed by atoms with E-state index < -0.39 is 0 Å². The summed E-state index contributed by atoms with van der Waals surface area (Å²) in [5.74, 6) is 0.573. The minimum Gasteiger partial charge on any atom is -0.508 e. The number of fused-ring (bicyclic) bond motifs is 1. The van der Waals surface area contributed by atoms with Gasteiger partial charge in [0.15, 0.2) is 0 Å². The summed E-state index contributed by atoms with van der Waals surface area (Å²) in [5.41, 5.74) is 4.65. The van der Waals surface area contributed by atoms with Crippen molar-refractivity contribution in [1.82, 2.24) is 0 Å². The largest absolute Gasteiger partial charge is 0.508 e.